The molecule has 4 aromatic carbocycles. The first-order chi connectivity index (χ1) is 15.2. The summed E-state index contributed by atoms with van der Waals surface area (Å²) in [4.78, 5) is 26.4. The summed E-state index contributed by atoms with van der Waals surface area (Å²) in [7, 11) is 0. The van der Waals surface area contributed by atoms with Crippen molar-refractivity contribution in [3.05, 3.63) is 143 Å². The molecule has 0 aromatic heterocycles. The second-order valence-corrected chi connectivity index (χ2v) is 7.25. The number of ketones is 1. The number of esters is 1. The predicted molar refractivity (Wildman–Crippen MR) is 121 cm³/mol. The van der Waals surface area contributed by atoms with Gasteiger partial charge in [-0.1, -0.05) is 109 Å². The Morgan fingerprint density at radius 2 is 1.19 bits per heavy atom. The number of hydrogen-bond acceptors (Lipinski definition) is 3. The highest BCUT2D eigenvalue weighted by atomic mass is 16.5. The lowest BCUT2D eigenvalue weighted by Crippen LogP contribution is -2.21. The van der Waals surface area contributed by atoms with Crippen molar-refractivity contribution >= 4 is 11.8 Å². The van der Waals surface area contributed by atoms with Crippen LogP contribution in [0.2, 0.25) is 0 Å². The summed E-state index contributed by atoms with van der Waals surface area (Å²) in [5.74, 6) is -0.759. The number of ether oxygens (including phenoxy) is 1. The van der Waals surface area contributed by atoms with Crippen LogP contribution in [0.1, 0.15) is 43.5 Å². The number of hydrogen-bond donors (Lipinski definition) is 0. The molecule has 1 atom stereocenters. The Kier molecular flexibility index (Phi) is 6.34. The zero-order valence-corrected chi connectivity index (χ0v) is 17.0. The van der Waals surface area contributed by atoms with Gasteiger partial charge >= 0.3 is 5.97 Å². The van der Waals surface area contributed by atoms with Crippen LogP contribution in [0.4, 0.5) is 0 Å². The van der Waals surface area contributed by atoms with E-state index in [1.165, 1.54) is 0 Å². The van der Waals surface area contributed by atoms with Gasteiger partial charge in [-0.2, -0.15) is 0 Å². The Balaban J connectivity index is 1.64. The summed E-state index contributed by atoms with van der Waals surface area (Å²) in [5.41, 5.74) is 3.57. The van der Waals surface area contributed by atoms with Crippen molar-refractivity contribution < 1.29 is 14.3 Å². The molecule has 0 radical (unpaired) electrons. The quantitative estimate of drug-likeness (QED) is 0.277. The minimum absolute atomic E-state index is 0.249. The largest absolute Gasteiger partial charge is 0.445 e. The van der Waals surface area contributed by atoms with Crippen LogP contribution in [-0.2, 0) is 11.2 Å². The predicted octanol–water partition coefficient (Wildman–Crippen LogP) is 6.06. The number of carbonyl (C=O) groups excluding carboxylic acids is 2. The van der Waals surface area contributed by atoms with E-state index in [0.29, 0.717) is 23.1 Å². The summed E-state index contributed by atoms with van der Waals surface area (Å²) < 4.78 is 5.83. The monoisotopic (exact) mass is 406 g/mol. The van der Waals surface area contributed by atoms with Crippen molar-refractivity contribution in [2.45, 2.75) is 12.5 Å². The van der Waals surface area contributed by atoms with Crippen LogP contribution in [0.5, 0.6) is 0 Å². The maximum atomic E-state index is 13.2. The standard InChI is InChI=1S/C28H22O3/c29-26(22-14-6-2-7-15-22)27(23-16-8-3-9-17-23)31-28(30)25-19-11-10-18-24(25)20-21-12-4-1-5-13-21/h1-19,27H,20H2/t27-/m0/s1. The zero-order valence-electron chi connectivity index (χ0n) is 17.0. The molecule has 0 aliphatic rings. The number of carbonyl (C=O) groups is 2. The lowest BCUT2D eigenvalue weighted by molar-refractivity contribution is 0.0279. The van der Waals surface area contributed by atoms with Gasteiger partial charge in [0.2, 0.25) is 5.78 Å². The molecule has 0 saturated heterocycles. The van der Waals surface area contributed by atoms with Gasteiger partial charge in [0.25, 0.3) is 0 Å². The average molecular weight is 406 g/mol. The fourth-order valence-corrected chi connectivity index (χ4v) is 3.51. The van der Waals surface area contributed by atoms with Gasteiger partial charge in [-0.25, -0.2) is 4.79 Å². The molecule has 0 unspecified atom stereocenters. The summed E-state index contributed by atoms with van der Waals surface area (Å²) in [6.07, 6.45) is -0.407. The fraction of sp³-hybridized carbons (Fsp3) is 0.0714. The van der Waals surface area contributed by atoms with Gasteiger partial charge in [0, 0.05) is 11.1 Å². The maximum absolute atomic E-state index is 13.2. The molecule has 0 fully saturated rings. The molecule has 152 valence electrons. The van der Waals surface area contributed by atoms with E-state index in [1.807, 2.05) is 72.8 Å². The zero-order chi connectivity index (χ0) is 21.5. The Bertz CT molecular complexity index is 1150. The van der Waals surface area contributed by atoms with Crippen molar-refractivity contribution in [1.29, 1.82) is 0 Å². The SMILES string of the molecule is O=C(O[C@H](C(=O)c1ccccc1)c1ccccc1)c1ccccc1Cc1ccccc1. The Morgan fingerprint density at radius 3 is 1.87 bits per heavy atom. The van der Waals surface area contributed by atoms with Crippen LogP contribution in [0.25, 0.3) is 0 Å². The molecule has 0 aliphatic carbocycles. The first-order valence-corrected chi connectivity index (χ1v) is 10.2. The molecule has 3 nitrogen and oxygen atoms in total. The topological polar surface area (TPSA) is 43.4 Å². The first kappa shape index (κ1) is 20.3. The minimum Gasteiger partial charge on any atom is -0.445 e. The normalized spacial score (nSPS) is 11.5. The lowest BCUT2D eigenvalue weighted by atomic mass is 9.98. The van der Waals surface area contributed by atoms with Gasteiger partial charge in [0.1, 0.15) is 0 Å². The lowest BCUT2D eigenvalue weighted by Gasteiger charge is -2.18. The second-order valence-electron chi connectivity index (χ2n) is 7.25. The Labute approximate surface area is 181 Å². The van der Waals surface area contributed by atoms with Crippen LogP contribution in [-0.4, -0.2) is 11.8 Å². The molecule has 0 saturated carbocycles. The van der Waals surface area contributed by atoms with E-state index in [9.17, 15) is 9.59 Å². The van der Waals surface area contributed by atoms with Crippen molar-refractivity contribution in [3.63, 3.8) is 0 Å². The van der Waals surface area contributed by atoms with E-state index in [1.54, 1.807) is 42.5 Å². The summed E-state index contributed by atoms with van der Waals surface area (Å²) in [5, 5.41) is 0. The van der Waals surface area contributed by atoms with Crippen molar-refractivity contribution in [3.8, 4) is 0 Å². The van der Waals surface area contributed by atoms with Crippen LogP contribution in [0.3, 0.4) is 0 Å². The van der Waals surface area contributed by atoms with Gasteiger partial charge < -0.3 is 4.74 Å². The average Bonchev–Trinajstić information content (AvgIpc) is 2.84. The van der Waals surface area contributed by atoms with Crippen molar-refractivity contribution in [2.24, 2.45) is 0 Å². The van der Waals surface area contributed by atoms with Crippen LogP contribution in [0, 0.1) is 0 Å². The molecule has 4 aromatic rings. The van der Waals surface area contributed by atoms with E-state index in [-0.39, 0.29) is 5.78 Å². The van der Waals surface area contributed by atoms with Crippen LogP contribution >= 0.6 is 0 Å². The molecule has 3 heteroatoms. The van der Waals surface area contributed by atoms with Gasteiger partial charge in [-0.3, -0.25) is 4.79 Å². The second kappa shape index (κ2) is 9.68. The van der Waals surface area contributed by atoms with E-state index < -0.39 is 12.1 Å². The van der Waals surface area contributed by atoms with Gasteiger partial charge in [-0.15, -0.1) is 0 Å². The number of rotatable bonds is 7. The van der Waals surface area contributed by atoms with E-state index in [4.69, 9.17) is 4.74 Å². The molecule has 0 heterocycles. The molecule has 0 aliphatic heterocycles. The Hall–Kier alpha value is -3.98. The highest BCUT2D eigenvalue weighted by Crippen LogP contribution is 2.25. The number of Topliss-reactive ketones (excluding diaryl/α,β-unsaturated/α-hetero) is 1. The molecular weight excluding hydrogens is 384 g/mol. The third kappa shape index (κ3) is 4.96. The van der Waals surface area contributed by atoms with Crippen LogP contribution in [0.15, 0.2) is 115 Å². The molecule has 0 N–H and O–H groups in total. The van der Waals surface area contributed by atoms with Gasteiger partial charge in [0.15, 0.2) is 6.10 Å². The third-order valence-electron chi connectivity index (χ3n) is 5.10. The van der Waals surface area contributed by atoms with Gasteiger partial charge in [0.05, 0.1) is 5.56 Å². The molecule has 31 heavy (non-hydrogen) atoms. The van der Waals surface area contributed by atoms with Crippen molar-refractivity contribution in [1.82, 2.24) is 0 Å². The number of benzene rings is 4. The molecule has 0 spiro atoms. The molecule has 0 bridgehead atoms. The highest BCUT2D eigenvalue weighted by molar-refractivity contribution is 6.02. The molecule has 0 amide bonds. The summed E-state index contributed by atoms with van der Waals surface area (Å²) >= 11 is 0. The molecule has 4 rings (SSSR count). The van der Waals surface area contributed by atoms with E-state index >= 15 is 0 Å². The van der Waals surface area contributed by atoms with E-state index in [2.05, 4.69) is 0 Å². The smallest absolute Gasteiger partial charge is 0.339 e. The fourth-order valence-electron chi connectivity index (χ4n) is 3.51. The highest BCUT2D eigenvalue weighted by Gasteiger charge is 2.27. The summed E-state index contributed by atoms with van der Waals surface area (Å²) in [6.45, 7) is 0. The Morgan fingerprint density at radius 1 is 0.645 bits per heavy atom. The minimum atomic E-state index is -1.01. The van der Waals surface area contributed by atoms with E-state index in [0.717, 1.165) is 11.1 Å². The van der Waals surface area contributed by atoms with Gasteiger partial charge in [-0.05, 0) is 23.6 Å². The third-order valence-corrected chi connectivity index (χ3v) is 5.10. The van der Waals surface area contributed by atoms with Crippen LogP contribution < -0.4 is 0 Å². The first-order valence-electron chi connectivity index (χ1n) is 10.2. The summed E-state index contributed by atoms with van der Waals surface area (Å²) in [6, 6.07) is 35.4. The van der Waals surface area contributed by atoms with Crippen molar-refractivity contribution in [2.75, 3.05) is 0 Å². The maximum Gasteiger partial charge on any atom is 0.339 e. The molecular formula is C28H22O3.